The quantitative estimate of drug-likeness (QED) is 0.734. The van der Waals surface area contributed by atoms with Crippen LogP contribution in [-0.4, -0.2) is 11.7 Å². The minimum atomic E-state index is -0.554. The largest absolute Gasteiger partial charge is 0.444 e. The van der Waals surface area contributed by atoms with Gasteiger partial charge in [-0.25, -0.2) is 4.79 Å². The lowest BCUT2D eigenvalue weighted by Crippen LogP contribution is -2.27. The van der Waals surface area contributed by atoms with E-state index in [9.17, 15) is 4.79 Å². The molecule has 2 rings (SSSR count). The van der Waals surface area contributed by atoms with Gasteiger partial charge in [0.1, 0.15) is 5.60 Å². The Bertz CT molecular complexity index is 691. The monoisotopic (exact) mass is 299 g/mol. The van der Waals surface area contributed by atoms with Crippen LogP contribution in [0.2, 0.25) is 0 Å². The van der Waals surface area contributed by atoms with Crippen LogP contribution in [0.5, 0.6) is 0 Å². The van der Waals surface area contributed by atoms with E-state index in [1.54, 1.807) is 6.07 Å². The summed E-state index contributed by atoms with van der Waals surface area (Å²) in [7, 11) is 0. The Hall–Kier alpha value is -2.69. The van der Waals surface area contributed by atoms with Crippen molar-refractivity contribution in [1.82, 2.24) is 0 Å². The predicted octanol–water partition coefficient (Wildman–Crippen LogP) is 3.87. The van der Waals surface area contributed by atoms with E-state index in [1.165, 1.54) is 0 Å². The molecule has 22 heavy (non-hydrogen) atoms. The number of rotatable bonds is 2. The average Bonchev–Trinajstić information content (AvgIpc) is 2.35. The van der Waals surface area contributed by atoms with E-state index in [1.807, 2.05) is 57.2 Å². The number of anilines is 3. The van der Waals surface area contributed by atoms with Crippen LogP contribution >= 0.6 is 0 Å². The third-order valence-electron chi connectivity index (χ3n) is 2.82. The smallest absolute Gasteiger partial charge is 0.412 e. The maximum absolute atomic E-state index is 11.8. The number of amides is 1. The summed E-state index contributed by atoms with van der Waals surface area (Å²) in [6.07, 6.45) is -0.517. The molecule has 116 valence electrons. The Labute approximate surface area is 130 Å². The zero-order valence-corrected chi connectivity index (χ0v) is 13.0. The molecule has 5 nitrogen and oxygen atoms in total. The molecule has 0 aliphatic carbocycles. The molecular weight excluding hydrogens is 278 g/mol. The number of benzene rings is 2. The van der Waals surface area contributed by atoms with Crippen molar-refractivity contribution in [2.24, 2.45) is 0 Å². The summed E-state index contributed by atoms with van der Waals surface area (Å²) in [6, 6.07) is 12.8. The van der Waals surface area contributed by atoms with Crippen molar-refractivity contribution in [2.75, 3.05) is 16.8 Å². The highest BCUT2D eigenvalue weighted by Crippen LogP contribution is 2.27. The minimum absolute atomic E-state index is 0.517. The second kappa shape index (κ2) is 5.97. The zero-order valence-electron chi connectivity index (χ0n) is 13.0. The van der Waals surface area contributed by atoms with Crippen LogP contribution in [0.1, 0.15) is 20.8 Å². The summed E-state index contributed by atoms with van der Waals surface area (Å²) >= 11 is 0. The molecule has 0 saturated heterocycles. The molecule has 0 aromatic heterocycles. The number of hydrogen-bond donors (Lipinski definition) is 3. The number of ether oxygens (including phenoxy) is 1. The van der Waals surface area contributed by atoms with Crippen molar-refractivity contribution >= 4 is 23.2 Å². The third kappa shape index (κ3) is 4.41. The molecule has 5 N–H and O–H groups in total. The maximum Gasteiger partial charge on any atom is 0.412 e. The highest BCUT2D eigenvalue weighted by Gasteiger charge is 2.16. The lowest BCUT2D eigenvalue weighted by atomic mass is 10.0. The first-order chi connectivity index (χ1) is 10.2. The van der Waals surface area contributed by atoms with Crippen molar-refractivity contribution in [3.8, 4) is 11.1 Å². The first kappa shape index (κ1) is 15.7. The van der Waals surface area contributed by atoms with Crippen LogP contribution in [0.15, 0.2) is 42.5 Å². The summed E-state index contributed by atoms with van der Waals surface area (Å²) in [5, 5.41) is 2.69. The van der Waals surface area contributed by atoms with E-state index in [-0.39, 0.29) is 0 Å². The van der Waals surface area contributed by atoms with Gasteiger partial charge in [-0.3, -0.25) is 5.32 Å². The van der Waals surface area contributed by atoms with Crippen molar-refractivity contribution < 1.29 is 9.53 Å². The SMILES string of the molecule is CC(C)(C)OC(=O)Nc1cc(N)cc(-c2cccc(N)c2)c1. The van der Waals surface area contributed by atoms with Gasteiger partial charge in [0.15, 0.2) is 0 Å². The third-order valence-corrected chi connectivity index (χ3v) is 2.82. The Kier molecular flexibility index (Phi) is 4.26. The molecular formula is C17H21N3O2. The lowest BCUT2D eigenvalue weighted by Gasteiger charge is -2.20. The molecule has 0 fully saturated rings. The van der Waals surface area contributed by atoms with Crippen molar-refractivity contribution in [3.63, 3.8) is 0 Å². The number of nitrogens with one attached hydrogen (secondary N) is 1. The van der Waals surface area contributed by atoms with E-state index in [0.29, 0.717) is 17.1 Å². The van der Waals surface area contributed by atoms with Crippen LogP contribution in [0.4, 0.5) is 21.9 Å². The van der Waals surface area contributed by atoms with E-state index >= 15 is 0 Å². The number of carbonyl (C=O) groups excluding carboxylic acids is 1. The number of carbonyl (C=O) groups is 1. The van der Waals surface area contributed by atoms with Gasteiger partial charge < -0.3 is 16.2 Å². The van der Waals surface area contributed by atoms with Crippen molar-refractivity contribution in [3.05, 3.63) is 42.5 Å². The first-order valence-electron chi connectivity index (χ1n) is 6.99. The van der Waals surface area contributed by atoms with Gasteiger partial charge in [0.2, 0.25) is 0 Å². The fourth-order valence-electron chi connectivity index (χ4n) is 2.03. The normalized spacial score (nSPS) is 11.0. The highest BCUT2D eigenvalue weighted by atomic mass is 16.6. The first-order valence-corrected chi connectivity index (χ1v) is 6.99. The van der Waals surface area contributed by atoms with Gasteiger partial charge >= 0.3 is 6.09 Å². The summed E-state index contributed by atoms with van der Waals surface area (Å²) in [6.45, 7) is 5.43. The Morgan fingerprint density at radius 1 is 1.00 bits per heavy atom. The molecule has 0 unspecified atom stereocenters. The number of hydrogen-bond acceptors (Lipinski definition) is 4. The van der Waals surface area contributed by atoms with Gasteiger partial charge in [0, 0.05) is 17.1 Å². The van der Waals surface area contributed by atoms with E-state index in [2.05, 4.69) is 5.32 Å². The Morgan fingerprint density at radius 2 is 1.68 bits per heavy atom. The zero-order chi connectivity index (χ0) is 16.3. The van der Waals surface area contributed by atoms with Gasteiger partial charge in [-0.1, -0.05) is 12.1 Å². The standard InChI is InChI=1S/C17H21N3O2/c1-17(2,3)22-16(21)20-15-9-12(8-14(19)10-15)11-5-4-6-13(18)7-11/h4-10H,18-19H2,1-3H3,(H,20,21). The highest BCUT2D eigenvalue weighted by molar-refractivity contribution is 5.87. The summed E-state index contributed by atoms with van der Waals surface area (Å²) in [4.78, 5) is 11.8. The topological polar surface area (TPSA) is 90.4 Å². The van der Waals surface area contributed by atoms with E-state index in [4.69, 9.17) is 16.2 Å². The molecule has 2 aromatic carbocycles. The molecule has 0 heterocycles. The number of nitrogen functional groups attached to an aromatic ring is 2. The Balaban J connectivity index is 2.26. The molecule has 2 aromatic rings. The molecule has 0 bridgehead atoms. The van der Waals surface area contributed by atoms with Crippen LogP contribution in [0.25, 0.3) is 11.1 Å². The molecule has 0 atom stereocenters. The van der Waals surface area contributed by atoms with Crippen molar-refractivity contribution in [2.45, 2.75) is 26.4 Å². The summed E-state index contributed by atoms with van der Waals surface area (Å²) < 4.78 is 5.24. The van der Waals surface area contributed by atoms with Crippen LogP contribution in [0.3, 0.4) is 0 Å². The predicted molar refractivity (Wildman–Crippen MR) is 90.6 cm³/mol. The van der Waals surface area contributed by atoms with E-state index < -0.39 is 11.7 Å². The molecule has 0 aliphatic heterocycles. The molecule has 0 aliphatic rings. The van der Waals surface area contributed by atoms with Gasteiger partial charge in [-0.2, -0.15) is 0 Å². The Morgan fingerprint density at radius 3 is 2.32 bits per heavy atom. The molecule has 0 radical (unpaired) electrons. The van der Waals surface area contributed by atoms with Gasteiger partial charge in [-0.05, 0) is 62.2 Å². The van der Waals surface area contributed by atoms with Gasteiger partial charge in [-0.15, -0.1) is 0 Å². The second-order valence-corrected chi connectivity index (χ2v) is 6.10. The van der Waals surface area contributed by atoms with E-state index in [0.717, 1.165) is 11.1 Å². The second-order valence-electron chi connectivity index (χ2n) is 6.10. The summed E-state index contributed by atoms with van der Waals surface area (Å²) in [5.41, 5.74) is 14.8. The van der Waals surface area contributed by atoms with Gasteiger partial charge in [0.25, 0.3) is 0 Å². The van der Waals surface area contributed by atoms with Gasteiger partial charge in [0.05, 0.1) is 0 Å². The lowest BCUT2D eigenvalue weighted by molar-refractivity contribution is 0.0636. The maximum atomic E-state index is 11.8. The molecule has 5 heteroatoms. The van der Waals surface area contributed by atoms with Crippen molar-refractivity contribution in [1.29, 1.82) is 0 Å². The molecule has 0 saturated carbocycles. The van der Waals surface area contributed by atoms with Crippen LogP contribution < -0.4 is 16.8 Å². The average molecular weight is 299 g/mol. The fraction of sp³-hybridized carbons (Fsp3) is 0.235. The minimum Gasteiger partial charge on any atom is -0.444 e. The van der Waals surface area contributed by atoms with Crippen LogP contribution in [0, 0.1) is 0 Å². The fourth-order valence-corrected chi connectivity index (χ4v) is 2.03. The van der Waals surface area contributed by atoms with Crippen LogP contribution in [-0.2, 0) is 4.74 Å². The molecule has 0 spiro atoms. The number of nitrogens with two attached hydrogens (primary N) is 2. The molecule has 1 amide bonds. The summed E-state index contributed by atoms with van der Waals surface area (Å²) in [5.74, 6) is 0.